The number of fused-ring (bicyclic) bond motifs is 1. The van der Waals surface area contributed by atoms with Gasteiger partial charge < -0.3 is 14.0 Å². The molecule has 0 radical (unpaired) electrons. The Labute approximate surface area is 270 Å². The zero-order valence-corrected chi connectivity index (χ0v) is 25.9. The maximum Gasteiger partial charge on any atom is 0.417 e. The second-order valence-corrected chi connectivity index (χ2v) is 12.2. The van der Waals surface area contributed by atoms with Crippen molar-refractivity contribution in [2.45, 2.75) is 17.6 Å². The average molecular weight is 681 g/mol. The van der Waals surface area contributed by atoms with E-state index in [2.05, 4.69) is 10.1 Å². The Balaban J connectivity index is 1.41. The molecule has 0 amide bonds. The zero-order valence-electron chi connectivity index (χ0n) is 25.1. The van der Waals surface area contributed by atoms with E-state index in [1.165, 1.54) is 62.9 Å². The molecule has 0 aliphatic rings. The zero-order chi connectivity index (χ0) is 34.2. The van der Waals surface area contributed by atoms with Gasteiger partial charge in [0.1, 0.15) is 23.6 Å². The van der Waals surface area contributed by atoms with E-state index in [1.807, 2.05) is 0 Å². The van der Waals surface area contributed by atoms with Crippen molar-refractivity contribution in [1.82, 2.24) is 14.7 Å². The molecular formula is C33H24F4N4O6S. The van der Waals surface area contributed by atoms with E-state index >= 15 is 4.39 Å². The Kier molecular flexibility index (Phi) is 8.39. The van der Waals surface area contributed by atoms with E-state index in [1.54, 1.807) is 24.3 Å². The van der Waals surface area contributed by atoms with Gasteiger partial charge in [0.05, 0.1) is 48.1 Å². The number of methoxy groups -OCH3 is 2. The first-order valence-corrected chi connectivity index (χ1v) is 15.5. The monoisotopic (exact) mass is 680 g/mol. The van der Waals surface area contributed by atoms with Crippen LogP contribution in [0.15, 0.2) is 112 Å². The van der Waals surface area contributed by atoms with Crippen molar-refractivity contribution in [2.75, 3.05) is 18.5 Å². The molecule has 0 saturated carbocycles. The maximum atomic E-state index is 15.5. The molecule has 0 saturated heterocycles. The number of sulfonamides is 1. The van der Waals surface area contributed by atoms with Crippen LogP contribution in [0.2, 0.25) is 0 Å². The van der Waals surface area contributed by atoms with Crippen molar-refractivity contribution in [2.24, 2.45) is 0 Å². The molecule has 10 nitrogen and oxygen atoms in total. The summed E-state index contributed by atoms with van der Waals surface area (Å²) in [6.45, 7) is -0.0903. The normalized spacial score (nSPS) is 11.9. The van der Waals surface area contributed by atoms with Gasteiger partial charge in [-0.1, -0.05) is 17.3 Å². The molecule has 6 aromatic rings. The van der Waals surface area contributed by atoms with Crippen LogP contribution in [0.5, 0.6) is 11.5 Å². The second-order valence-electron chi connectivity index (χ2n) is 10.4. The number of aromatic nitrogens is 3. The van der Waals surface area contributed by atoms with Gasteiger partial charge >= 0.3 is 6.18 Å². The van der Waals surface area contributed by atoms with Crippen molar-refractivity contribution in [3.05, 3.63) is 125 Å². The summed E-state index contributed by atoms with van der Waals surface area (Å²) in [4.78, 5) is 16.8. The first kappa shape index (κ1) is 32.2. The predicted octanol–water partition coefficient (Wildman–Crippen LogP) is 6.61. The predicted molar refractivity (Wildman–Crippen MR) is 167 cm³/mol. The molecule has 246 valence electrons. The van der Waals surface area contributed by atoms with Gasteiger partial charge in [0.2, 0.25) is 0 Å². The number of ether oxygens (including phenoxy) is 2. The topological polar surface area (TPSA) is 117 Å². The molecule has 0 bridgehead atoms. The lowest BCUT2D eigenvalue weighted by Crippen LogP contribution is -2.31. The first-order chi connectivity index (χ1) is 22.9. The highest BCUT2D eigenvalue weighted by Crippen LogP contribution is 2.35. The number of rotatable bonds is 9. The van der Waals surface area contributed by atoms with Crippen LogP contribution in [0.3, 0.4) is 0 Å². The van der Waals surface area contributed by atoms with Gasteiger partial charge in [-0.05, 0) is 60.2 Å². The third kappa shape index (κ3) is 6.07. The molecule has 3 aromatic carbocycles. The van der Waals surface area contributed by atoms with Crippen LogP contribution < -0.4 is 19.3 Å². The van der Waals surface area contributed by atoms with Gasteiger partial charge in [-0.15, -0.1) is 0 Å². The third-order valence-corrected chi connectivity index (χ3v) is 9.24. The average Bonchev–Trinajstić information content (AvgIpc) is 3.61. The van der Waals surface area contributed by atoms with Gasteiger partial charge in [-0.3, -0.25) is 14.3 Å². The molecule has 0 unspecified atom stereocenters. The van der Waals surface area contributed by atoms with Crippen LogP contribution in [0, 0.1) is 5.82 Å². The molecule has 15 heteroatoms. The van der Waals surface area contributed by atoms with E-state index in [0.29, 0.717) is 22.9 Å². The van der Waals surface area contributed by atoms with Crippen LogP contribution in [0.1, 0.15) is 11.1 Å². The summed E-state index contributed by atoms with van der Waals surface area (Å²) in [6.07, 6.45) is -2.78. The summed E-state index contributed by atoms with van der Waals surface area (Å²) in [5, 5.41) is 4.15. The SMILES string of the molecule is COc1ccc(CN(c2ccon2)S(=O)(=O)c2ccc3c(ccc(=O)n3-c3cc(F)c(-c4ccc(C(F)(F)F)cn4)cc3OC)c2)cc1. The molecule has 0 N–H and O–H groups in total. The number of anilines is 1. The summed E-state index contributed by atoms with van der Waals surface area (Å²) in [5.74, 6) is -0.240. The van der Waals surface area contributed by atoms with Crippen LogP contribution >= 0.6 is 0 Å². The van der Waals surface area contributed by atoms with Gasteiger partial charge in [0.15, 0.2) is 5.82 Å². The number of hydrogen-bond donors (Lipinski definition) is 0. The Morgan fingerprint density at radius 2 is 1.69 bits per heavy atom. The summed E-state index contributed by atoms with van der Waals surface area (Å²) < 4.78 is 100. The van der Waals surface area contributed by atoms with Crippen LogP contribution in [0.25, 0.3) is 27.8 Å². The number of halogens is 4. The molecule has 0 fully saturated rings. The number of nitrogens with zero attached hydrogens (tertiary/aromatic N) is 4. The van der Waals surface area contributed by atoms with E-state index < -0.39 is 33.1 Å². The second kappa shape index (κ2) is 12.5. The van der Waals surface area contributed by atoms with Crippen LogP contribution in [0.4, 0.5) is 23.4 Å². The summed E-state index contributed by atoms with van der Waals surface area (Å²) >= 11 is 0. The van der Waals surface area contributed by atoms with Crippen LogP contribution in [-0.4, -0.2) is 37.3 Å². The fourth-order valence-corrected chi connectivity index (χ4v) is 6.51. The molecular weight excluding hydrogens is 656 g/mol. The first-order valence-electron chi connectivity index (χ1n) is 14.0. The molecule has 48 heavy (non-hydrogen) atoms. The lowest BCUT2D eigenvalue weighted by Gasteiger charge is -2.22. The van der Waals surface area contributed by atoms with Crippen molar-refractivity contribution in [3.8, 4) is 28.4 Å². The fourth-order valence-electron chi connectivity index (χ4n) is 5.08. The molecule has 0 atom stereocenters. The van der Waals surface area contributed by atoms with Gasteiger partial charge in [0.25, 0.3) is 15.6 Å². The smallest absolute Gasteiger partial charge is 0.417 e. The molecule has 3 heterocycles. The molecule has 0 aliphatic carbocycles. The number of hydrogen-bond acceptors (Lipinski definition) is 8. The standard InChI is InChI=1S/C33H24F4N4O6S/c1-45-23-7-3-20(4-8-23)19-40(31-13-14-47-39-31)48(43,44)24-9-11-28-21(15-24)5-12-32(42)41(28)29-17-26(34)25(16-30(29)46-2)27-10-6-22(18-38-27)33(35,36)37/h3-18H,19H2,1-2H3. The van der Waals surface area contributed by atoms with Gasteiger partial charge in [-0.25, -0.2) is 17.1 Å². The quantitative estimate of drug-likeness (QED) is 0.157. The van der Waals surface area contributed by atoms with E-state index in [4.69, 9.17) is 14.0 Å². The minimum Gasteiger partial charge on any atom is -0.497 e. The van der Waals surface area contributed by atoms with E-state index in [0.717, 1.165) is 27.1 Å². The van der Waals surface area contributed by atoms with Crippen molar-refractivity contribution in [3.63, 3.8) is 0 Å². The van der Waals surface area contributed by atoms with E-state index in [-0.39, 0.29) is 45.5 Å². The number of alkyl halides is 3. The lowest BCUT2D eigenvalue weighted by molar-refractivity contribution is -0.137. The van der Waals surface area contributed by atoms with Crippen molar-refractivity contribution in [1.29, 1.82) is 0 Å². The minimum atomic E-state index is -4.62. The maximum absolute atomic E-state index is 15.5. The Bertz CT molecular complexity index is 2270. The Morgan fingerprint density at radius 1 is 0.917 bits per heavy atom. The number of pyridine rings is 2. The molecule has 3 aromatic heterocycles. The largest absolute Gasteiger partial charge is 0.497 e. The van der Waals surface area contributed by atoms with Crippen molar-refractivity contribution >= 4 is 26.7 Å². The minimum absolute atomic E-state index is 0.0103. The highest BCUT2D eigenvalue weighted by molar-refractivity contribution is 7.92. The highest BCUT2D eigenvalue weighted by atomic mass is 32.2. The highest BCUT2D eigenvalue weighted by Gasteiger charge is 2.31. The summed E-state index contributed by atoms with van der Waals surface area (Å²) in [7, 11) is -1.46. The number of benzene rings is 3. The fraction of sp³-hybridized carbons (Fsp3) is 0.121. The summed E-state index contributed by atoms with van der Waals surface area (Å²) in [5.41, 5.74) is -0.985. The Hall–Kier alpha value is -5.70. The third-order valence-electron chi connectivity index (χ3n) is 7.49. The molecule has 6 rings (SSSR count). The van der Waals surface area contributed by atoms with Gasteiger partial charge in [-0.2, -0.15) is 13.2 Å². The molecule has 0 spiro atoms. The lowest BCUT2D eigenvalue weighted by atomic mass is 10.1. The van der Waals surface area contributed by atoms with Crippen LogP contribution in [-0.2, 0) is 22.7 Å². The van der Waals surface area contributed by atoms with Crippen molar-refractivity contribution < 1.29 is 40.0 Å². The van der Waals surface area contributed by atoms with Gasteiger partial charge in [0, 0.05) is 35.3 Å². The molecule has 0 aliphatic heterocycles. The summed E-state index contributed by atoms with van der Waals surface area (Å²) in [6, 6.07) is 19.0. The Morgan fingerprint density at radius 3 is 2.31 bits per heavy atom. The van der Waals surface area contributed by atoms with E-state index in [9.17, 15) is 26.4 Å².